The lowest BCUT2D eigenvalue weighted by molar-refractivity contribution is 0.593. The van der Waals surface area contributed by atoms with E-state index >= 15 is 0 Å². The largest absolute Gasteiger partial charge is 0.309 e. The zero-order chi connectivity index (χ0) is 34.1. The highest BCUT2D eigenvalue weighted by Crippen LogP contribution is 2.48. The molecular weight excluding hydrogens is 645 g/mol. The van der Waals surface area contributed by atoms with Gasteiger partial charge in [-0.25, -0.2) is 8.42 Å². The SMILES string of the molecule is O=S1(=O)CC(c2ccc(-c3ccc4c(c3)c3ccccc3n4-c3ccccc3)cc2)c2c(n(-c3ccccc3)c3ccccc23)-c2ccccc21. The van der Waals surface area contributed by atoms with E-state index in [0.717, 1.165) is 61.3 Å². The summed E-state index contributed by atoms with van der Waals surface area (Å²) in [6, 6.07) is 60.4. The highest BCUT2D eigenvalue weighted by molar-refractivity contribution is 7.91. The minimum Gasteiger partial charge on any atom is -0.309 e. The second-order valence-electron chi connectivity index (χ2n) is 13.3. The predicted octanol–water partition coefficient (Wildman–Crippen LogP) is 11.0. The topological polar surface area (TPSA) is 44.0 Å². The van der Waals surface area contributed by atoms with Gasteiger partial charge in [0.2, 0.25) is 0 Å². The summed E-state index contributed by atoms with van der Waals surface area (Å²) in [6.07, 6.45) is 0. The van der Waals surface area contributed by atoms with Crippen molar-refractivity contribution in [1.29, 1.82) is 0 Å². The highest BCUT2D eigenvalue weighted by Gasteiger charge is 2.36. The van der Waals surface area contributed by atoms with Gasteiger partial charge in [-0.15, -0.1) is 0 Å². The Labute approximate surface area is 296 Å². The van der Waals surface area contributed by atoms with Crippen molar-refractivity contribution < 1.29 is 8.42 Å². The van der Waals surface area contributed by atoms with Crippen LogP contribution in [0.4, 0.5) is 0 Å². The number of fused-ring (bicyclic) bond motifs is 8. The normalized spacial score (nSPS) is 15.1. The van der Waals surface area contributed by atoms with Gasteiger partial charge < -0.3 is 9.13 Å². The molecule has 0 saturated carbocycles. The molecule has 1 unspecified atom stereocenters. The van der Waals surface area contributed by atoms with E-state index in [1.54, 1.807) is 6.07 Å². The molecule has 10 rings (SSSR count). The average Bonchev–Trinajstić information content (AvgIpc) is 3.67. The minimum absolute atomic E-state index is 0.00981. The maximum absolute atomic E-state index is 14.2. The smallest absolute Gasteiger partial charge is 0.179 e. The van der Waals surface area contributed by atoms with Crippen molar-refractivity contribution in [3.63, 3.8) is 0 Å². The van der Waals surface area contributed by atoms with Crippen molar-refractivity contribution in [2.24, 2.45) is 0 Å². The van der Waals surface area contributed by atoms with Gasteiger partial charge in [0.15, 0.2) is 9.84 Å². The maximum atomic E-state index is 14.2. The Balaban J connectivity index is 1.14. The molecule has 0 saturated heterocycles. The zero-order valence-electron chi connectivity index (χ0n) is 27.6. The molecule has 0 aliphatic carbocycles. The van der Waals surface area contributed by atoms with Gasteiger partial charge in [-0.1, -0.05) is 121 Å². The van der Waals surface area contributed by atoms with Crippen molar-refractivity contribution in [2.45, 2.75) is 10.8 Å². The van der Waals surface area contributed by atoms with Gasteiger partial charge in [0.05, 0.1) is 32.9 Å². The number of para-hydroxylation sites is 4. The zero-order valence-corrected chi connectivity index (χ0v) is 28.5. The number of benzene rings is 7. The van der Waals surface area contributed by atoms with Gasteiger partial charge >= 0.3 is 0 Å². The third kappa shape index (κ3) is 4.62. The van der Waals surface area contributed by atoms with Crippen LogP contribution in [0.2, 0.25) is 0 Å². The molecule has 3 heterocycles. The van der Waals surface area contributed by atoms with E-state index in [4.69, 9.17) is 0 Å². The van der Waals surface area contributed by atoms with E-state index < -0.39 is 9.84 Å². The summed E-state index contributed by atoms with van der Waals surface area (Å²) >= 11 is 0. The summed E-state index contributed by atoms with van der Waals surface area (Å²) in [5.74, 6) is -0.378. The molecule has 4 nitrogen and oxygen atoms in total. The van der Waals surface area contributed by atoms with Gasteiger partial charge in [0.25, 0.3) is 0 Å². The number of aromatic nitrogens is 2. The number of nitrogens with zero attached hydrogens (tertiary/aromatic N) is 2. The van der Waals surface area contributed by atoms with Crippen LogP contribution in [0.1, 0.15) is 17.0 Å². The molecule has 1 aliphatic rings. The molecule has 1 atom stereocenters. The second-order valence-corrected chi connectivity index (χ2v) is 15.3. The molecule has 5 heteroatoms. The van der Waals surface area contributed by atoms with Crippen molar-refractivity contribution in [1.82, 2.24) is 9.13 Å². The molecule has 1 aliphatic heterocycles. The molecule has 51 heavy (non-hydrogen) atoms. The molecule has 0 radical (unpaired) electrons. The van der Waals surface area contributed by atoms with Crippen molar-refractivity contribution in [3.8, 4) is 33.8 Å². The molecule has 244 valence electrons. The standard InChI is InChI=1S/C46H32N2O2S/c49-51(50)30-40(45-37-18-8-11-21-42(37)48(35-15-5-2-6-16-35)46(45)38-19-9-12-22-44(38)51)32-25-23-31(24-26-32)33-27-28-43-39(29-33)36-17-7-10-20-41(36)47(43)34-13-3-1-4-14-34/h1-29,40H,30H2. The third-order valence-electron chi connectivity index (χ3n) is 10.5. The monoisotopic (exact) mass is 676 g/mol. The number of hydrogen-bond acceptors (Lipinski definition) is 2. The van der Waals surface area contributed by atoms with Crippen LogP contribution in [0, 0.1) is 0 Å². The fourth-order valence-corrected chi connectivity index (χ4v) is 10.00. The van der Waals surface area contributed by atoms with E-state index in [9.17, 15) is 8.42 Å². The Morgan fingerprint density at radius 2 is 1.02 bits per heavy atom. The van der Waals surface area contributed by atoms with Crippen LogP contribution < -0.4 is 0 Å². The van der Waals surface area contributed by atoms with Gasteiger partial charge in [0.1, 0.15) is 0 Å². The summed E-state index contributed by atoms with van der Waals surface area (Å²) in [5, 5.41) is 3.47. The molecule has 0 amide bonds. The second kappa shape index (κ2) is 11.4. The molecule has 0 bridgehead atoms. The van der Waals surface area contributed by atoms with E-state index in [1.165, 1.54) is 16.3 Å². The molecule has 9 aromatic rings. The summed E-state index contributed by atoms with van der Waals surface area (Å²) in [7, 11) is -3.62. The van der Waals surface area contributed by atoms with Crippen LogP contribution in [0.5, 0.6) is 0 Å². The van der Waals surface area contributed by atoms with E-state index in [2.05, 4.69) is 130 Å². The summed E-state index contributed by atoms with van der Waals surface area (Å²) in [4.78, 5) is 0.383. The van der Waals surface area contributed by atoms with Gasteiger partial charge in [-0.2, -0.15) is 0 Å². The number of sulfone groups is 1. The van der Waals surface area contributed by atoms with Crippen LogP contribution in [-0.4, -0.2) is 23.3 Å². The lowest BCUT2D eigenvalue weighted by Crippen LogP contribution is -2.14. The first-order valence-corrected chi connectivity index (χ1v) is 18.9. The summed E-state index contributed by atoms with van der Waals surface area (Å²) < 4.78 is 33.0. The first-order valence-electron chi connectivity index (χ1n) is 17.3. The summed E-state index contributed by atoms with van der Waals surface area (Å²) in [5.41, 5.74) is 11.4. The Bertz CT molecular complexity index is 2890. The Morgan fingerprint density at radius 1 is 0.471 bits per heavy atom. The summed E-state index contributed by atoms with van der Waals surface area (Å²) in [6.45, 7) is 0. The highest BCUT2D eigenvalue weighted by atomic mass is 32.2. The van der Waals surface area contributed by atoms with Crippen LogP contribution in [0.15, 0.2) is 181 Å². The van der Waals surface area contributed by atoms with E-state index in [0.29, 0.717) is 4.90 Å². The lowest BCUT2D eigenvalue weighted by Gasteiger charge is -2.18. The Morgan fingerprint density at radius 3 is 1.75 bits per heavy atom. The maximum Gasteiger partial charge on any atom is 0.179 e. The number of rotatable bonds is 4. The fourth-order valence-electron chi connectivity index (χ4n) is 8.23. The van der Waals surface area contributed by atoms with Gasteiger partial charge in [-0.3, -0.25) is 0 Å². The van der Waals surface area contributed by atoms with Crippen molar-refractivity contribution in [3.05, 3.63) is 187 Å². The molecule has 0 spiro atoms. The van der Waals surface area contributed by atoms with Gasteiger partial charge in [0, 0.05) is 39.0 Å². The van der Waals surface area contributed by atoms with Crippen LogP contribution in [-0.2, 0) is 9.84 Å². The first kappa shape index (κ1) is 29.7. The van der Waals surface area contributed by atoms with Gasteiger partial charge in [-0.05, 0) is 76.9 Å². The minimum atomic E-state index is -3.62. The van der Waals surface area contributed by atoms with Crippen LogP contribution in [0.3, 0.4) is 0 Å². The fraction of sp³-hybridized carbons (Fsp3) is 0.0435. The third-order valence-corrected chi connectivity index (χ3v) is 12.3. The molecule has 2 aromatic heterocycles. The first-order chi connectivity index (χ1) is 25.1. The molecular formula is C46H32N2O2S. The van der Waals surface area contributed by atoms with Crippen LogP contribution in [0.25, 0.3) is 66.5 Å². The molecule has 0 N–H and O–H groups in total. The lowest BCUT2D eigenvalue weighted by atomic mass is 9.88. The van der Waals surface area contributed by atoms with E-state index in [-0.39, 0.29) is 11.7 Å². The predicted molar refractivity (Wildman–Crippen MR) is 209 cm³/mol. The van der Waals surface area contributed by atoms with E-state index in [1.807, 2.05) is 48.5 Å². The Kier molecular flexibility index (Phi) is 6.67. The molecule has 7 aromatic carbocycles. The number of hydrogen-bond donors (Lipinski definition) is 0. The molecule has 0 fully saturated rings. The Hall–Kier alpha value is -6.17. The van der Waals surface area contributed by atoms with Crippen LogP contribution >= 0.6 is 0 Å². The van der Waals surface area contributed by atoms with Crippen molar-refractivity contribution in [2.75, 3.05) is 5.75 Å². The quantitative estimate of drug-likeness (QED) is 0.186. The van der Waals surface area contributed by atoms with Crippen molar-refractivity contribution >= 4 is 42.5 Å². The average molecular weight is 677 g/mol.